The van der Waals surface area contributed by atoms with Crippen molar-refractivity contribution in [3.05, 3.63) is 34.3 Å². The molecular weight excluding hydrogens is 216 g/mol. The van der Waals surface area contributed by atoms with Crippen molar-refractivity contribution in [2.45, 2.75) is 79.1 Å². The molecule has 0 amide bonds. The van der Waals surface area contributed by atoms with Crippen molar-refractivity contribution in [3.63, 3.8) is 0 Å². The second kappa shape index (κ2) is 8.34. The maximum Gasteiger partial charge on any atom is 0.0626 e. The molecule has 102 valence electrons. The molecule has 0 nitrogen and oxygen atoms in total. The van der Waals surface area contributed by atoms with Gasteiger partial charge in [-0.3, -0.25) is 0 Å². The van der Waals surface area contributed by atoms with Crippen molar-refractivity contribution in [1.82, 2.24) is 0 Å². The first-order valence-corrected chi connectivity index (χ1v) is 7.74. The summed E-state index contributed by atoms with van der Waals surface area (Å²) in [7, 11) is 0. The number of hydrogen-bond donors (Lipinski definition) is 0. The van der Waals surface area contributed by atoms with Crippen LogP contribution in [0.15, 0.2) is 12.1 Å². The van der Waals surface area contributed by atoms with Crippen molar-refractivity contribution in [1.29, 1.82) is 0 Å². The molecule has 1 aromatic rings. The molecule has 1 rings (SSSR count). The number of benzene rings is 1. The summed E-state index contributed by atoms with van der Waals surface area (Å²) in [6, 6.07) is 0.997. The molecular formula is C18H30. The average molecular weight is 248 g/mol. The summed E-state index contributed by atoms with van der Waals surface area (Å²) in [5.41, 5.74) is 5.12. The standard InChI is InChI=1S/C18H30/c1-5-9-15-13-14-16(10-6-2)18(12-8-4)17(15)11-7-3/h13-14H,5-12H2,1-4H3/i13D,14D. The van der Waals surface area contributed by atoms with Crippen LogP contribution in [0.3, 0.4) is 0 Å². The minimum Gasteiger partial charge on any atom is -0.0651 e. The predicted molar refractivity (Wildman–Crippen MR) is 82.4 cm³/mol. The highest BCUT2D eigenvalue weighted by Crippen LogP contribution is 2.25. The Morgan fingerprint density at radius 2 is 1.00 bits per heavy atom. The Kier molecular flexibility index (Phi) is 5.69. The third kappa shape index (κ3) is 3.86. The molecule has 0 aliphatic carbocycles. The van der Waals surface area contributed by atoms with E-state index in [0.717, 1.165) is 62.5 Å². The summed E-state index contributed by atoms with van der Waals surface area (Å²) in [5.74, 6) is 0. The summed E-state index contributed by atoms with van der Waals surface area (Å²) < 4.78 is 16.8. The van der Waals surface area contributed by atoms with Crippen LogP contribution < -0.4 is 0 Å². The molecule has 0 spiro atoms. The molecule has 0 atom stereocenters. The molecule has 0 aliphatic heterocycles. The molecule has 0 saturated carbocycles. The SMILES string of the molecule is [2H]c1c([2H])c(CCC)c(CCC)c(CCC)c1CCC. The van der Waals surface area contributed by atoms with Gasteiger partial charge in [-0.25, -0.2) is 0 Å². The van der Waals surface area contributed by atoms with Gasteiger partial charge in [0.05, 0.1) is 2.74 Å². The van der Waals surface area contributed by atoms with Gasteiger partial charge in [0.15, 0.2) is 0 Å². The van der Waals surface area contributed by atoms with Gasteiger partial charge in [-0.2, -0.15) is 0 Å². The van der Waals surface area contributed by atoms with Gasteiger partial charge >= 0.3 is 0 Å². The van der Waals surface area contributed by atoms with Gasteiger partial charge in [0, 0.05) is 0 Å². The number of hydrogen-bond acceptors (Lipinski definition) is 0. The molecule has 0 unspecified atom stereocenters. The van der Waals surface area contributed by atoms with Crippen molar-refractivity contribution >= 4 is 0 Å². The van der Waals surface area contributed by atoms with E-state index in [1.54, 1.807) is 0 Å². The Labute approximate surface area is 117 Å². The van der Waals surface area contributed by atoms with Crippen LogP contribution in [-0.2, 0) is 25.7 Å². The van der Waals surface area contributed by atoms with Crippen LogP contribution in [0.2, 0.25) is 0 Å². The molecule has 0 saturated heterocycles. The lowest BCUT2D eigenvalue weighted by Crippen LogP contribution is -2.05. The Morgan fingerprint density at radius 3 is 1.28 bits per heavy atom. The first-order chi connectivity index (χ1) is 9.62. The zero-order valence-corrected chi connectivity index (χ0v) is 12.7. The largest absolute Gasteiger partial charge is 0.0651 e. The molecule has 0 bridgehead atoms. The highest BCUT2D eigenvalue weighted by molar-refractivity contribution is 5.42. The van der Waals surface area contributed by atoms with Gasteiger partial charge < -0.3 is 0 Å². The smallest absolute Gasteiger partial charge is 0.0626 e. The van der Waals surface area contributed by atoms with Gasteiger partial charge in [0.2, 0.25) is 0 Å². The maximum absolute atomic E-state index is 8.38. The minimum atomic E-state index is 0.499. The molecule has 0 radical (unpaired) electrons. The number of rotatable bonds is 8. The van der Waals surface area contributed by atoms with E-state index in [1.165, 1.54) is 11.1 Å². The highest BCUT2D eigenvalue weighted by Gasteiger charge is 2.11. The van der Waals surface area contributed by atoms with Gasteiger partial charge in [-0.1, -0.05) is 65.5 Å². The van der Waals surface area contributed by atoms with Crippen LogP contribution in [0.25, 0.3) is 0 Å². The van der Waals surface area contributed by atoms with E-state index >= 15 is 0 Å². The quantitative estimate of drug-likeness (QED) is 0.570. The molecule has 18 heavy (non-hydrogen) atoms. The average Bonchev–Trinajstić information content (AvgIpc) is 2.44. The van der Waals surface area contributed by atoms with E-state index in [0.29, 0.717) is 12.1 Å². The van der Waals surface area contributed by atoms with Crippen LogP contribution in [0, 0.1) is 0 Å². The van der Waals surface area contributed by atoms with Crippen molar-refractivity contribution in [3.8, 4) is 0 Å². The third-order valence-electron chi connectivity index (χ3n) is 3.46. The molecule has 0 aliphatic rings. The fraction of sp³-hybridized carbons (Fsp3) is 0.667. The Hall–Kier alpha value is -0.780. The van der Waals surface area contributed by atoms with Crippen LogP contribution in [-0.4, -0.2) is 0 Å². The van der Waals surface area contributed by atoms with Gasteiger partial charge in [-0.15, -0.1) is 0 Å². The second-order valence-corrected chi connectivity index (χ2v) is 5.16. The lowest BCUT2D eigenvalue weighted by Gasteiger charge is -2.18. The van der Waals surface area contributed by atoms with Gasteiger partial charge in [-0.05, 0) is 47.9 Å². The Morgan fingerprint density at radius 1 is 0.667 bits per heavy atom. The highest BCUT2D eigenvalue weighted by atomic mass is 14.2. The normalized spacial score (nSPS) is 12.4. The van der Waals surface area contributed by atoms with Gasteiger partial charge in [0.25, 0.3) is 0 Å². The van der Waals surface area contributed by atoms with Crippen molar-refractivity contribution in [2.75, 3.05) is 0 Å². The molecule has 0 heterocycles. The lowest BCUT2D eigenvalue weighted by molar-refractivity contribution is 0.801. The lowest BCUT2D eigenvalue weighted by atomic mass is 9.87. The fourth-order valence-electron chi connectivity index (χ4n) is 2.70. The van der Waals surface area contributed by atoms with E-state index in [1.807, 2.05) is 0 Å². The van der Waals surface area contributed by atoms with Crippen molar-refractivity contribution in [2.24, 2.45) is 0 Å². The van der Waals surface area contributed by atoms with E-state index in [4.69, 9.17) is 2.74 Å². The van der Waals surface area contributed by atoms with Crippen LogP contribution >= 0.6 is 0 Å². The third-order valence-corrected chi connectivity index (χ3v) is 3.46. The minimum absolute atomic E-state index is 0.499. The summed E-state index contributed by atoms with van der Waals surface area (Å²) in [6.45, 7) is 8.75. The maximum atomic E-state index is 8.38. The molecule has 0 aromatic heterocycles. The van der Waals surface area contributed by atoms with E-state index in [2.05, 4.69) is 27.7 Å². The molecule has 0 N–H and O–H groups in total. The van der Waals surface area contributed by atoms with E-state index in [9.17, 15) is 0 Å². The molecule has 0 heteroatoms. The topological polar surface area (TPSA) is 0 Å². The summed E-state index contributed by atoms with van der Waals surface area (Å²) in [5, 5.41) is 0. The zero-order valence-electron chi connectivity index (χ0n) is 14.7. The summed E-state index contributed by atoms with van der Waals surface area (Å²) in [4.78, 5) is 0. The monoisotopic (exact) mass is 248 g/mol. The van der Waals surface area contributed by atoms with E-state index in [-0.39, 0.29) is 0 Å². The molecule has 0 fully saturated rings. The van der Waals surface area contributed by atoms with E-state index < -0.39 is 0 Å². The second-order valence-electron chi connectivity index (χ2n) is 5.16. The fourth-order valence-corrected chi connectivity index (χ4v) is 2.70. The van der Waals surface area contributed by atoms with Crippen molar-refractivity contribution < 1.29 is 2.74 Å². The summed E-state index contributed by atoms with van der Waals surface area (Å²) in [6.07, 6.45) is 8.38. The predicted octanol–water partition coefficient (Wildman–Crippen LogP) is 5.50. The van der Waals surface area contributed by atoms with Gasteiger partial charge in [0.1, 0.15) is 0 Å². The Balaban J connectivity index is 3.53. The zero-order chi connectivity index (χ0) is 15.1. The Bertz CT molecular complexity index is 395. The van der Waals surface area contributed by atoms with Crippen LogP contribution in [0.4, 0.5) is 0 Å². The van der Waals surface area contributed by atoms with Crippen LogP contribution in [0.1, 0.15) is 78.4 Å². The van der Waals surface area contributed by atoms with Crippen LogP contribution in [0.5, 0.6) is 0 Å². The molecule has 1 aromatic carbocycles. The first-order valence-electron chi connectivity index (χ1n) is 8.74. The first kappa shape index (κ1) is 12.3. The summed E-state index contributed by atoms with van der Waals surface area (Å²) >= 11 is 0.